The number of hydrogen-bond donors (Lipinski definition) is 1. The number of aliphatic hydroxyl groups excluding tert-OH is 1. The van der Waals surface area contributed by atoms with Gasteiger partial charge in [-0.25, -0.2) is 9.97 Å². The summed E-state index contributed by atoms with van der Waals surface area (Å²) >= 11 is 0. The van der Waals surface area contributed by atoms with E-state index < -0.39 is 6.10 Å². The minimum atomic E-state index is -0.678. The summed E-state index contributed by atoms with van der Waals surface area (Å²) in [5.74, 6) is 0.671. The number of nitrogens with zero attached hydrogens (tertiary/aromatic N) is 2. The molecule has 0 aliphatic rings. The summed E-state index contributed by atoms with van der Waals surface area (Å²) in [6, 6.07) is 9.50. The molecule has 0 amide bonds. The molecule has 3 nitrogen and oxygen atoms in total. The summed E-state index contributed by atoms with van der Waals surface area (Å²) in [6.45, 7) is 3.79. The Morgan fingerprint density at radius 3 is 2.56 bits per heavy atom. The van der Waals surface area contributed by atoms with E-state index >= 15 is 0 Å². The summed E-state index contributed by atoms with van der Waals surface area (Å²) in [5.41, 5.74) is 2.59. The second kappa shape index (κ2) is 4.41. The van der Waals surface area contributed by atoms with Gasteiger partial charge in [0.05, 0.1) is 5.69 Å². The molecule has 1 aromatic heterocycles. The van der Waals surface area contributed by atoms with Crippen LogP contribution in [0.15, 0.2) is 36.5 Å². The van der Waals surface area contributed by atoms with Gasteiger partial charge in [0.2, 0.25) is 0 Å². The predicted octanol–water partition coefficient (Wildman–Crippen LogP) is 2.18. The third kappa shape index (κ3) is 2.09. The van der Waals surface area contributed by atoms with Crippen molar-refractivity contribution in [2.45, 2.75) is 20.0 Å². The van der Waals surface area contributed by atoms with Crippen LogP contribution in [0.1, 0.15) is 28.7 Å². The monoisotopic (exact) mass is 214 g/mol. The number of hydrogen-bond acceptors (Lipinski definition) is 3. The van der Waals surface area contributed by atoms with E-state index in [4.69, 9.17) is 0 Å². The molecule has 0 fully saturated rings. The highest BCUT2D eigenvalue weighted by atomic mass is 16.3. The van der Waals surface area contributed by atoms with Crippen LogP contribution in [0.3, 0.4) is 0 Å². The molecule has 0 aliphatic heterocycles. The Kier molecular flexibility index (Phi) is 2.97. The van der Waals surface area contributed by atoms with E-state index in [1.807, 2.05) is 38.1 Å². The van der Waals surface area contributed by atoms with Crippen molar-refractivity contribution in [3.8, 4) is 0 Å². The van der Waals surface area contributed by atoms with Crippen LogP contribution in [0, 0.1) is 13.8 Å². The Bertz CT molecular complexity index is 497. The number of aryl methyl sites for hydroxylation is 2. The summed E-state index contributed by atoms with van der Waals surface area (Å²) < 4.78 is 0. The molecule has 1 heterocycles. The molecule has 0 radical (unpaired) electrons. The Hall–Kier alpha value is -1.74. The van der Waals surface area contributed by atoms with Crippen molar-refractivity contribution in [1.29, 1.82) is 0 Å². The molecule has 2 aromatic rings. The van der Waals surface area contributed by atoms with Crippen LogP contribution in [0.4, 0.5) is 0 Å². The number of aliphatic hydroxyl groups is 1. The molecule has 0 spiro atoms. The van der Waals surface area contributed by atoms with Crippen molar-refractivity contribution in [1.82, 2.24) is 9.97 Å². The molecule has 1 N–H and O–H groups in total. The predicted molar refractivity (Wildman–Crippen MR) is 62.0 cm³/mol. The van der Waals surface area contributed by atoms with E-state index in [9.17, 15) is 5.11 Å². The van der Waals surface area contributed by atoms with Gasteiger partial charge in [0.1, 0.15) is 11.9 Å². The summed E-state index contributed by atoms with van der Waals surface area (Å²) in [7, 11) is 0. The largest absolute Gasteiger partial charge is 0.382 e. The van der Waals surface area contributed by atoms with Gasteiger partial charge in [-0.05, 0) is 31.0 Å². The minimum Gasteiger partial charge on any atom is -0.382 e. The normalized spacial score (nSPS) is 12.4. The average molecular weight is 214 g/mol. The van der Waals surface area contributed by atoms with Crippen molar-refractivity contribution in [3.05, 3.63) is 59.2 Å². The van der Waals surface area contributed by atoms with E-state index in [1.165, 1.54) is 0 Å². The highest BCUT2D eigenvalue weighted by Gasteiger charge is 2.13. The first kappa shape index (κ1) is 10.8. The zero-order valence-corrected chi connectivity index (χ0v) is 9.38. The standard InChI is InChI=1S/C13H14N2O/c1-9-5-3-4-6-11(9)13(16)12-7-8-14-10(2)15-12/h3-8,13,16H,1-2H3. The topological polar surface area (TPSA) is 46.0 Å². The molecule has 1 unspecified atom stereocenters. The molecule has 1 atom stereocenters. The van der Waals surface area contributed by atoms with Gasteiger partial charge in [-0.3, -0.25) is 0 Å². The van der Waals surface area contributed by atoms with Crippen LogP contribution in [-0.4, -0.2) is 15.1 Å². The van der Waals surface area contributed by atoms with Crippen LogP contribution in [0.2, 0.25) is 0 Å². The van der Waals surface area contributed by atoms with Gasteiger partial charge in [-0.15, -0.1) is 0 Å². The van der Waals surface area contributed by atoms with Crippen LogP contribution in [-0.2, 0) is 0 Å². The maximum Gasteiger partial charge on any atom is 0.125 e. The van der Waals surface area contributed by atoms with Crippen molar-refractivity contribution >= 4 is 0 Å². The first-order chi connectivity index (χ1) is 7.68. The highest BCUT2D eigenvalue weighted by Crippen LogP contribution is 2.22. The van der Waals surface area contributed by atoms with Crippen molar-refractivity contribution in [3.63, 3.8) is 0 Å². The molecule has 82 valence electrons. The second-order valence-electron chi connectivity index (χ2n) is 3.79. The molecule has 16 heavy (non-hydrogen) atoms. The molecule has 0 aliphatic carbocycles. The van der Waals surface area contributed by atoms with E-state index in [-0.39, 0.29) is 0 Å². The van der Waals surface area contributed by atoms with Gasteiger partial charge < -0.3 is 5.11 Å². The van der Waals surface area contributed by atoms with Gasteiger partial charge in [0.25, 0.3) is 0 Å². The average Bonchev–Trinajstić information content (AvgIpc) is 2.29. The van der Waals surface area contributed by atoms with E-state index in [1.54, 1.807) is 12.3 Å². The minimum absolute atomic E-state index is 0.641. The lowest BCUT2D eigenvalue weighted by Crippen LogP contribution is -2.05. The fourth-order valence-electron chi connectivity index (χ4n) is 1.68. The molecule has 0 saturated carbocycles. The Balaban J connectivity index is 2.39. The van der Waals surface area contributed by atoms with Crippen molar-refractivity contribution < 1.29 is 5.11 Å². The quantitative estimate of drug-likeness (QED) is 0.833. The maximum atomic E-state index is 10.2. The molecule has 1 aromatic carbocycles. The summed E-state index contributed by atoms with van der Waals surface area (Å²) in [6.07, 6.45) is 0.988. The molecule has 0 saturated heterocycles. The molecule has 0 bridgehead atoms. The Morgan fingerprint density at radius 1 is 1.12 bits per heavy atom. The third-order valence-corrected chi connectivity index (χ3v) is 2.56. The van der Waals surface area contributed by atoms with Gasteiger partial charge >= 0.3 is 0 Å². The highest BCUT2D eigenvalue weighted by molar-refractivity contribution is 5.32. The summed E-state index contributed by atoms with van der Waals surface area (Å²) in [5, 5.41) is 10.2. The van der Waals surface area contributed by atoms with Gasteiger partial charge in [0.15, 0.2) is 0 Å². The lowest BCUT2D eigenvalue weighted by atomic mass is 10.0. The van der Waals surface area contributed by atoms with E-state index in [0.717, 1.165) is 11.1 Å². The lowest BCUT2D eigenvalue weighted by molar-refractivity contribution is 0.214. The summed E-state index contributed by atoms with van der Waals surface area (Å²) in [4.78, 5) is 8.25. The Labute approximate surface area is 94.8 Å². The zero-order valence-electron chi connectivity index (χ0n) is 9.38. The van der Waals surface area contributed by atoms with Crippen LogP contribution >= 0.6 is 0 Å². The van der Waals surface area contributed by atoms with Crippen LogP contribution < -0.4 is 0 Å². The van der Waals surface area contributed by atoms with Crippen molar-refractivity contribution in [2.75, 3.05) is 0 Å². The van der Waals surface area contributed by atoms with E-state index in [0.29, 0.717) is 11.5 Å². The smallest absolute Gasteiger partial charge is 0.125 e. The fraction of sp³-hybridized carbons (Fsp3) is 0.231. The van der Waals surface area contributed by atoms with Crippen LogP contribution in [0.25, 0.3) is 0 Å². The number of benzene rings is 1. The molecule has 3 heteroatoms. The van der Waals surface area contributed by atoms with E-state index in [2.05, 4.69) is 9.97 Å². The SMILES string of the molecule is Cc1nccc(C(O)c2ccccc2C)n1. The third-order valence-electron chi connectivity index (χ3n) is 2.56. The zero-order chi connectivity index (χ0) is 11.5. The van der Waals surface area contributed by atoms with Crippen LogP contribution in [0.5, 0.6) is 0 Å². The van der Waals surface area contributed by atoms with Gasteiger partial charge in [-0.1, -0.05) is 24.3 Å². The van der Waals surface area contributed by atoms with Crippen molar-refractivity contribution in [2.24, 2.45) is 0 Å². The number of rotatable bonds is 2. The first-order valence-corrected chi connectivity index (χ1v) is 5.21. The molecular formula is C13H14N2O. The van der Waals surface area contributed by atoms with Gasteiger partial charge in [0, 0.05) is 6.20 Å². The second-order valence-corrected chi connectivity index (χ2v) is 3.79. The fourth-order valence-corrected chi connectivity index (χ4v) is 1.68. The van der Waals surface area contributed by atoms with Gasteiger partial charge in [-0.2, -0.15) is 0 Å². The number of aromatic nitrogens is 2. The molecule has 2 rings (SSSR count). The maximum absolute atomic E-state index is 10.2. The molecular weight excluding hydrogens is 200 g/mol. The Morgan fingerprint density at radius 2 is 1.88 bits per heavy atom. The lowest BCUT2D eigenvalue weighted by Gasteiger charge is -2.13. The first-order valence-electron chi connectivity index (χ1n) is 5.21.